The van der Waals surface area contributed by atoms with Gasteiger partial charge in [-0.15, -0.1) is 0 Å². The average molecular weight is 327 g/mol. The molecule has 0 spiro atoms. The van der Waals surface area contributed by atoms with Crippen LogP contribution in [0.15, 0.2) is 35.1 Å². The molecule has 0 fully saturated rings. The van der Waals surface area contributed by atoms with Gasteiger partial charge >= 0.3 is 0 Å². The van der Waals surface area contributed by atoms with Crippen LogP contribution < -0.4 is 21.5 Å². The van der Waals surface area contributed by atoms with Crippen LogP contribution >= 0.6 is 0 Å². The number of aromatic amines is 1. The van der Waals surface area contributed by atoms with Gasteiger partial charge in [-0.05, 0) is 17.5 Å². The van der Waals surface area contributed by atoms with Crippen LogP contribution in [-0.4, -0.2) is 21.9 Å². The van der Waals surface area contributed by atoms with E-state index < -0.39 is 6.04 Å². The number of nitrogen functional groups attached to an aromatic ring is 1. The molecule has 2 heterocycles. The zero-order valence-electron chi connectivity index (χ0n) is 13.7. The van der Waals surface area contributed by atoms with E-state index in [9.17, 15) is 9.59 Å². The van der Waals surface area contributed by atoms with Crippen molar-refractivity contribution in [3.8, 4) is 0 Å². The Morgan fingerprint density at radius 3 is 2.83 bits per heavy atom. The fourth-order valence-corrected chi connectivity index (χ4v) is 3.00. The number of hydrogen-bond acceptors (Lipinski definition) is 5. The Morgan fingerprint density at radius 2 is 2.12 bits per heavy atom. The van der Waals surface area contributed by atoms with Crippen LogP contribution in [0.25, 0.3) is 0 Å². The number of benzene rings is 1. The predicted molar refractivity (Wildman–Crippen MR) is 93.8 cm³/mol. The van der Waals surface area contributed by atoms with Crippen molar-refractivity contribution in [2.45, 2.75) is 32.9 Å². The first-order valence-electron chi connectivity index (χ1n) is 8.02. The van der Waals surface area contributed by atoms with E-state index in [4.69, 9.17) is 5.73 Å². The summed E-state index contributed by atoms with van der Waals surface area (Å²) in [6, 6.07) is 8.41. The van der Waals surface area contributed by atoms with Gasteiger partial charge in [-0.25, -0.2) is 0 Å². The molecular weight excluding hydrogens is 306 g/mol. The molecule has 1 aromatic heterocycles. The number of rotatable bonds is 3. The van der Waals surface area contributed by atoms with Crippen molar-refractivity contribution in [2.75, 3.05) is 16.0 Å². The minimum absolute atomic E-state index is 0.0750. The zero-order valence-corrected chi connectivity index (χ0v) is 13.7. The minimum Gasteiger partial charge on any atom is -0.383 e. The van der Waals surface area contributed by atoms with Gasteiger partial charge < -0.3 is 16.0 Å². The molecule has 0 aliphatic carbocycles. The molecule has 3 rings (SSSR count). The number of amides is 1. The maximum absolute atomic E-state index is 12.8. The standard InChI is InChI=1S/C17H21N5O2/c1-3-10(2)15-16(24)19-12-7-5-4-6-11(12)9-22(15)17-20-13(18)8-14(23)21-17/h4-8,10,15H,3,9H2,1-2H3,(H,19,24)(H3,18,20,21,23)/t10?,15-/m0/s1. The molecule has 4 N–H and O–H groups in total. The molecule has 0 bridgehead atoms. The third-order valence-electron chi connectivity index (χ3n) is 4.42. The summed E-state index contributed by atoms with van der Waals surface area (Å²) >= 11 is 0. The fourth-order valence-electron chi connectivity index (χ4n) is 3.00. The van der Waals surface area contributed by atoms with Gasteiger partial charge in [0.05, 0.1) is 0 Å². The van der Waals surface area contributed by atoms with E-state index in [1.807, 2.05) is 43.0 Å². The molecule has 1 aliphatic rings. The summed E-state index contributed by atoms with van der Waals surface area (Å²) in [5, 5.41) is 2.99. The van der Waals surface area contributed by atoms with Gasteiger partial charge in [0.15, 0.2) is 0 Å². The number of hydrogen-bond donors (Lipinski definition) is 3. The number of anilines is 3. The first-order valence-corrected chi connectivity index (χ1v) is 8.02. The normalized spacial score (nSPS) is 18.5. The minimum atomic E-state index is -0.452. The van der Waals surface area contributed by atoms with E-state index in [2.05, 4.69) is 15.3 Å². The van der Waals surface area contributed by atoms with Gasteiger partial charge in [0.25, 0.3) is 5.56 Å². The van der Waals surface area contributed by atoms with Crippen LogP contribution in [0, 0.1) is 5.92 Å². The summed E-state index contributed by atoms with van der Waals surface area (Å²) in [6.45, 7) is 4.50. The number of nitrogens with one attached hydrogen (secondary N) is 2. The van der Waals surface area contributed by atoms with E-state index in [1.165, 1.54) is 6.07 Å². The van der Waals surface area contributed by atoms with E-state index in [1.54, 1.807) is 0 Å². The highest BCUT2D eigenvalue weighted by Gasteiger charge is 2.35. The molecule has 0 saturated carbocycles. The second-order valence-electron chi connectivity index (χ2n) is 6.10. The molecular formula is C17H21N5O2. The molecule has 0 saturated heterocycles. The molecule has 2 aromatic rings. The maximum Gasteiger partial charge on any atom is 0.254 e. The number of nitrogens with two attached hydrogens (primary N) is 1. The Bertz CT molecular complexity index is 817. The van der Waals surface area contributed by atoms with Gasteiger partial charge in [-0.1, -0.05) is 38.5 Å². The lowest BCUT2D eigenvalue weighted by atomic mass is 9.97. The van der Waals surface area contributed by atoms with Crippen molar-refractivity contribution >= 4 is 23.4 Å². The van der Waals surface area contributed by atoms with Crippen molar-refractivity contribution in [1.29, 1.82) is 0 Å². The van der Waals surface area contributed by atoms with Crippen LogP contribution in [0.5, 0.6) is 0 Å². The third kappa shape index (κ3) is 2.97. The predicted octanol–water partition coefficient (Wildman–Crippen LogP) is 1.73. The Kier molecular flexibility index (Phi) is 4.24. The van der Waals surface area contributed by atoms with E-state index in [0.29, 0.717) is 12.5 Å². The summed E-state index contributed by atoms with van der Waals surface area (Å²) in [4.78, 5) is 33.4. The van der Waals surface area contributed by atoms with E-state index in [0.717, 1.165) is 17.7 Å². The summed E-state index contributed by atoms with van der Waals surface area (Å²) in [5.74, 6) is 0.414. The van der Waals surface area contributed by atoms with Gasteiger partial charge in [0, 0.05) is 18.3 Å². The Balaban J connectivity index is 2.13. The number of H-pyrrole nitrogens is 1. The monoisotopic (exact) mass is 327 g/mol. The molecule has 1 amide bonds. The molecule has 1 aromatic carbocycles. The lowest BCUT2D eigenvalue weighted by Gasteiger charge is -2.32. The summed E-state index contributed by atoms with van der Waals surface area (Å²) < 4.78 is 0. The highest BCUT2D eigenvalue weighted by Crippen LogP contribution is 2.29. The van der Waals surface area contributed by atoms with Crippen LogP contribution in [0.4, 0.5) is 17.5 Å². The molecule has 1 aliphatic heterocycles. The largest absolute Gasteiger partial charge is 0.383 e. The van der Waals surface area contributed by atoms with E-state index in [-0.39, 0.29) is 23.2 Å². The first kappa shape index (κ1) is 16.0. The smallest absolute Gasteiger partial charge is 0.254 e. The second kappa shape index (κ2) is 6.35. The van der Waals surface area contributed by atoms with Crippen molar-refractivity contribution in [2.24, 2.45) is 5.92 Å². The lowest BCUT2D eigenvalue weighted by Crippen LogP contribution is -2.47. The highest BCUT2D eigenvalue weighted by atomic mass is 16.2. The molecule has 1 unspecified atom stereocenters. The molecule has 7 heteroatoms. The Labute approximate surface area is 139 Å². The topological polar surface area (TPSA) is 104 Å². The maximum atomic E-state index is 12.8. The Hall–Kier alpha value is -2.83. The molecule has 2 atom stereocenters. The summed E-state index contributed by atoms with van der Waals surface area (Å²) in [7, 11) is 0. The van der Waals surface area contributed by atoms with Crippen LogP contribution in [-0.2, 0) is 11.3 Å². The lowest BCUT2D eigenvalue weighted by molar-refractivity contribution is -0.118. The van der Waals surface area contributed by atoms with Crippen molar-refractivity contribution in [3.05, 3.63) is 46.2 Å². The first-order chi connectivity index (χ1) is 11.5. The Morgan fingerprint density at radius 1 is 1.38 bits per heavy atom. The number of carbonyl (C=O) groups excluding carboxylic acids is 1. The van der Waals surface area contributed by atoms with Gasteiger partial charge in [0.2, 0.25) is 11.9 Å². The number of carbonyl (C=O) groups is 1. The molecule has 24 heavy (non-hydrogen) atoms. The number of para-hydroxylation sites is 1. The SMILES string of the molecule is CCC(C)[C@H]1C(=O)Nc2ccccc2CN1c1nc(N)cc(=O)[nH]1. The molecule has 7 nitrogen and oxygen atoms in total. The van der Waals surface area contributed by atoms with Gasteiger partial charge in [-0.2, -0.15) is 4.98 Å². The number of fused-ring (bicyclic) bond motifs is 1. The second-order valence-corrected chi connectivity index (χ2v) is 6.10. The molecule has 0 radical (unpaired) electrons. The third-order valence-corrected chi connectivity index (χ3v) is 4.42. The van der Waals surface area contributed by atoms with Crippen molar-refractivity contribution < 1.29 is 4.79 Å². The van der Waals surface area contributed by atoms with Crippen LogP contribution in [0.1, 0.15) is 25.8 Å². The number of aromatic nitrogens is 2. The average Bonchev–Trinajstić information content (AvgIpc) is 2.69. The fraction of sp³-hybridized carbons (Fsp3) is 0.353. The van der Waals surface area contributed by atoms with E-state index >= 15 is 0 Å². The van der Waals surface area contributed by atoms with Crippen LogP contribution in [0.2, 0.25) is 0 Å². The van der Waals surface area contributed by atoms with Crippen molar-refractivity contribution in [3.63, 3.8) is 0 Å². The zero-order chi connectivity index (χ0) is 17.3. The summed E-state index contributed by atoms with van der Waals surface area (Å²) in [6.07, 6.45) is 0.817. The van der Waals surface area contributed by atoms with Gasteiger partial charge in [-0.3, -0.25) is 14.6 Å². The molecule has 126 valence electrons. The quantitative estimate of drug-likeness (QED) is 0.796. The van der Waals surface area contributed by atoms with Crippen LogP contribution in [0.3, 0.4) is 0 Å². The number of nitrogens with zero attached hydrogens (tertiary/aromatic N) is 2. The van der Waals surface area contributed by atoms with Crippen molar-refractivity contribution in [1.82, 2.24) is 9.97 Å². The summed E-state index contributed by atoms with van der Waals surface area (Å²) in [5.41, 5.74) is 7.14. The highest BCUT2D eigenvalue weighted by molar-refractivity contribution is 5.98. The van der Waals surface area contributed by atoms with Gasteiger partial charge in [0.1, 0.15) is 11.9 Å².